The zero-order chi connectivity index (χ0) is 22.7. The predicted molar refractivity (Wildman–Crippen MR) is 112 cm³/mol. The third-order valence-corrected chi connectivity index (χ3v) is 5.48. The lowest BCUT2D eigenvalue weighted by Crippen LogP contribution is -2.40. The second kappa shape index (κ2) is 9.13. The van der Waals surface area contributed by atoms with Crippen LogP contribution in [0.2, 0.25) is 0 Å². The Kier molecular flexibility index (Phi) is 6.11. The van der Waals surface area contributed by atoms with E-state index in [-0.39, 0.29) is 17.2 Å². The van der Waals surface area contributed by atoms with Gasteiger partial charge < -0.3 is 14.6 Å². The first-order valence-corrected chi connectivity index (χ1v) is 10.2. The molecule has 0 saturated carbocycles. The zero-order valence-corrected chi connectivity index (χ0v) is 17.0. The fraction of sp³-hybridized carbons (Fsp3) is 0.208. The van der Waals surface area contributed by atoms with Crippen molar-refractivity contribution in [2.45, 2.75) is 12.8 Å². The third kappa shape index (κ3) is 4.59. The Morgan fingerprint density at radius 1 is 0.969 bits per heavy atom. The van der Waals surface area contributed by atoms with E-state index >= 15 is 0 Å². The molecule has 1 aromatic heterocycles. The number of nitrogens with zero attached hydrogens (tertiary/aromatic N) is 1. The summed E-state index contributed by atoms with van der Waals surface area (Å²) in [5, 5.41) is 2.68. The van der Waals surface area contributed by atoms with Crippen molar-refractivity contribution in [1.82, 2.24) is 4.90 Å². The molecule has 32 heavy (non-hydrogen) atoms. The molecule has 1 N–H and O–H groups in total. The smallest absolute Gasteiger partial charge is 0.291 e. The fourth-order valence-corrected chi connectivity index (χ4v) is 3.73. The summed E-state index contributed by atoms with van der Waals surface area (Å²) >= 11 is 0. The number of nitrogens with one attached hydrogen (secondary N) is 1. The van der Waals surface area contributed by atoms with Crippen LogP contribution in [-0.4, -0.2) is 35.6 Å². The minimum atomic E-state index is -0.742. The number of carbonyl (C=O) groups is 3. The number of ketones is 1. The monoisotopic (exact) mass is 438 g/mol. The molecule has 6 nitrogen and oxygen atoms in total. The van der Waals surface area contributed by atoms with Gasteiger partial charge in [0.15, 0.2) is 11.5 Å². The summed E-state index contributed by atoms with van der Waals surface area (Å²) in [5.74, 6) is -2.71. The Morgan fingerprint density at radius 2 is 1.69 bits per heavy atom. The highest BCUT2D eigenvalue weighted by Crippen LogP contribution is 2.25. The molecule has 0 atom stereocenters. The summed E-state index contributed by atoms with van der Waals surface area (Å²) < 4.78 is 32.3. The molecule has 0 spiro atoms. The first kappa shape index (κ1) is 21.4. The summed E-state index contributed by atoms with van der Waals surface area (Å²) in [6, 6.07) is 12.5. The standard InChI is InChI=1S/C24H20F2N2O4/c25-17-5-8-20(26)19(14-17)22(29)15-9-11-28(12-10-15)24(31)16-3-6-18(7-4-16)27-23(30)21-2-1-13-32-21/h1-8,13-15H,9-12H2,(H,27,30). The molecule has 0 aliphatic carbocycles. The van der Waals surface area contributed by atoms with Gasteiger partial charge in [-0.1, -0.05) is 0 Å². The average Bonchev–Trinajstić information content (AvgIpc) is 3.36. The molecule has 2 aromatic carbocycles. The maximum Gasteiger partial charge on any atom is 0.291 e. The number of hydrogen-bond donors (Lipinski definition) is 1. The molecular formula is C24H20F2N2O4. The number of amides is 2. The van der Waals surface area contributed by atoms with E-state index in [4.69, 9.17) is 4.42 Å². The van der Waals surface area contributed by atoms with Gasteiger partial charge in [0.05, 0.1) is 11.8 Å². The number of likely N-dealkylation sites (tertiary alicyclic amines) is 1. The van der Waals surface area contributed by atoms with E-state index in [1.54, 1.807) is 41.3 Å². The number of halogens is 2. The minimum absolute atomic E-state index is 0.181. The topological polar surface area (TPSA) is 79.6 Å². The minimum Gasteiger partial charge on any atom is -0.459 e. The average molecular weight is 438 g/mol. The van der Waals surface area contributed by atoms with E-state index in [1.165, 1.54) is 6.26 Å². The molecule has 2 amide bonds. The van der Waals surface area contributed by atoms with E-state index in [0.29, 0.717) is 37.2 Å². The highest BCUT2D eigenvalue weighted by Gasteiger charge is 2.30. The maximum atomic E-state index is 13.9. The molecular weight excluding hydrogens is 418 g/mol. The second-order valence-corrected chi connectivity index (χ2v) is 7.56. The van der Waals surface area contributed by atoms with Crippen LogP contribution in [0.3, 0.4) is 0 Å². The van der Waals surface area contributed by atoms with E-state index in [9.17, 15) is 23.2 Å². The van der Waals surface area contributed by atoms with Crippen molar-refractivity contribution < 1.29 is 27.6 Å². The van der Waals surface area contributed by atoms with Gasteiger partial charge in [0, 0.05) is 30.3 Å². The third-order valence-electron chi connectivity index (χ3n) is 5.48. The Bertz CT molecular complexity index is 1140. The summed E-state index contributed by atoms with van der Waals surface area (Å²) in [5.41, 5.74) is 0.716. The summed E-state index contributed by atoms with van der Waals surface area (Å²) in [4.78, 5) is 39.0. The van der Waals surface area contributed by atoms with E-state index in [0.717, 1.165) is 18.2 Å². The van der Waals surface area contributed by atoms with Crippen molar-refractivity contribution in [3.05, 3.63) is 89.4 Å². The Morgan fingerprint density at radius 3 is 2.34 bits per heavy atom. The number of carbonyl (C=O) groups excluding carboxylic acids is 3. The van der Waals surface area contributed by atoms with Gasteiger partial charge in [-0.3, -0.25) is 14.4 Å². The first-order valence-electron chi connectivity index (χ1n) is 10.2. The molecule has 0 bridgehead atoms. The number of anilines is 1. The molecule has 3 aromatic rings. The molecule has 8 heteroatoms. The number of piperidine rings is 1. The van der Waals surface area contributed by atoms with Crippen LogP contribution in [0.25, 0.3) is 0 Å². The predicted octanol–water partition coefficient (Wildman–Crippen LogP) is 4.55. The van der Waals surface area contributed by atoms with Gasteiger partial charge in [-0.05, 0) is 67.4 Å². The van der Waals surface area contributed by atoms with Crippen LogP contribution in [-0.2, 0) is 0 Å². The molecule has 1 saturated heterocycles. The van der Waals surface area contributed by atoms with Gasteiger partial charge in [0.1, 0.15) is 11.6 Å². The lowest BCUT2D eigenvalue weighted by atomic mass is 9.88. The number of benzene rings is 2. The number of furan rings is 1. The van der Waals surface area contributed by atoms with Crippen LogP contribution in [0.5, 0.6) is 0 Å². The molecule has 0 unspecified atom stereocenters. The van der Waals surface area contributed by atoms with Gasteiger partial charge in [0.2, 0.25) is 0 Å². The fourth-order valence-electron chi connectivity index (χ4n) is 3.73. The van der Waals surface area contributed by atoms with Crippen LogP contribution < -0.4 is 5.32 Å². The maximum absolute atomic E-state index is 13.9. The van der Waals surface area contributed by atoms with Crippen molar-refractivity contribution in [3.8, 4) is 0 Å². The Labute approximate surface area is 182 Å². The van der Waals surface area contributed by atoms with Gasteiger partial charge in [0.25, 0.3) is 11.8 Å². The summed E-state index contributed by atoms with van der Waals surface area (Å²) in [6.07, 6.45) is 2.15. The molecule has 0 radical (unpaired) electrons. The lowest BCUT2D eigenvalue weighted by Gasteiger charge is -2.31. The molecule has 1 aliphatic rings. The van der Waals surface area contributed by atoms with Crippen molar-refractivity contribution in [2.75, 3.05) is 18.4 Å². The number of hydrogen-bond acceptors (Lipinski definition) is 4. The molecule has 4 rings (SSSR count). The normalized spacial score (nSPS) is 14.2. The zero-order valence-electron chi connectivity index (χ0n) is 17.0. The van der Waals surface area contributed by atoms with Crippen LogP contribution >= 0.6 is 0 Å². The van der Waals surface area contributed by atoms with Crippen LogP contribution in [0, 0.1) is 17.6 Å². The Hall–Kier alpha value is -3.81. The van der Waals surface area contributed by atoms with Crippen molar-refractivity contribution >= 4 is 23.3 Å². The molecule has 2 heterocycles. The van der Waals surface area contributed by atoms with Crippen LogP contribution in [0.15, 0.2) is 65.3 Å². The molecule has 1 fully saturated rings. The molecule has 164 valence electrons. The van der Waals surface area contributed by atoms with E-state index in [1.807, 2.05) is 0 Å². The number of rotatable bonds is 5. The van der Waals surface area contributed by atoms with Gasteiger partial charge >= 0.3 is 0 Å². The van der Waals surface area contributed by atoms with Gasteiger partial charge in [-0.25, -0.2) is 8.78 Å². The van der Waals surface area contributed by atoms with Crippen LogP contribution in [0.1, 0.15) is 44.1 Å². The summed E-state index contributed by atoms with van der Waals surface area (Å²) in [7, 11) is 0. The Balaban J connectivity index is 1.34. The van der Waals surface area contributed by atoms with Crippen molar-refractivity contribution in [3.63, 3.8) is 0 Å². The highest BCUT2D eigenvalue weighted by molar-refractivity contribution is 6.02. The number of Topliss-reactive ketones (excluding diaryl/α,β-unsaturated/α-hetero) is 1. The quantitative estimate of drug-likeness (QED) is 0.593. The van der Waals surface area contributed by atoms with Gasteiger partial charge in [-0.2, -0.15) is 0 Å². The SMILES string of the molecule is O=C(Nc1ccc(C(=O)N2CCC(C(=O)c3cc(F)ccc3F)CC2)cc1)c1ccco1. The van der Waals surface area contributed by atoms with Crippen molar-refractivity contribution in [1.29, 1.82) is 0 Å². The van der Waals surface area contributed by atoms with E-state index in [2.05, 4.69) is 5.32 Å². The largest absolute Gasteiger partial charge is 0.459 e. The second-order valence-electron chi connectivity index (χ2n) is 7.56. The van der Waals surface area contributed by atoms with Gasteiger partial charge in [-0.15, -0.1) is 0 Å². The van der Waals surface area contributed by atoms with Crippen LogP contribution in [0.4, 0.5) is 14.5 Å². The first-order chi connectivity index (χ1) is 15.4. The molecule has 1 aliphatic heterocycles. The lowest BCUT2D eigenvalue weighted by molar-refractivity contribution is 0.0649. The highest BCUT2D eigenvalue weighted by atomic mass is 19.1. The van der Waals surface area contributed by atoms with Crippen molar-refractivity contribution in [2.24, 2.45) is 5.92 Å². The van der Waals surface area contributed by atoms with E-state index < -0.39 is 29.2 Å². The summed E-state index contributed by atoms with van der Waals surface area (Å²) in [6.45, 7) is 0.673.